The number of hydrogen-bond acceptors (Lipinski definition) is 4. The second kappa shape index (κ2) is 9.76. The first-order chi connectivity index (χ1) is 14.3. The largest absolute Gasteiger partial charge is 0.495 e. The van der Waals surface area contributed by atoms with Gasteiger partial charge >= 0.3 is 0 Å². The molecule has 1 heterocycles. The standard InChI is InChI=1S/C21H24ClFN2O4S/c1-29-19-7-4-17(22)14-20(19)30(27,28)24-11-8-15-9-12-25(13-10-15)21(26)16-2-5-18(23)6-3-16/h2-7,14-15,24H,8-13H2,1H3. The fourth-order valence-corrected chi connectivity index (χ4v) is 5.01. The van der Waals surface area contributed by atoms with Crippen molar-refractivity contribution in [3.8, 4) is 5.75 Å². The molecule has 0 radical (unpaired) electrons. The monoisotopic (exact) mass is 454 g/mol. The van der Waals surface area contributed by atoms with E-state index in [0.717, 1.165) is 12.8 Å². The lowest BCUT2D eigenvalue weighted by atomic mass is 9.93. The maximum absolute atomic E-state index is 13.0. The molecule has 0 unspecified atom stereocenters. The van der Waals surface area contributed by atoms with Gasteiger partial charge in [0, 0.05) is 30.2 Å². The van der Waals surface area contributed by atoms with Gasteiger partial charge in [-0.3, -0.25) is 4.79 Å². The molecule has 162 valence electrons. The van der Waals surface area contributed by atoms with Gasteiger partial charge < -0.3 is 9.64 Å². The zero-order chi connectivity index (χ0) is 21.7. The quantitative estimate of drug-likeness (QED) is 0.692. The second-order valence-electron chi connectivity index (χ2n) is 7.22. The number of hydrogen-bond donors (Lipinski definition) is 1. The van der Waals surface area contributed by atoms with E-state index < -0.39 is 10.0 Å². The van der Waals surface area contributed by atoms with E-state index in [2.05, 4.69) is 4.72 Å². The Balaban J connectivity index is 1.49. The molecular weight excluding hydrogens is 431 g/mol. The summed E-state index contributed by atoms with van der Waals surface area (Å²) in [6.07, 6.45) is 2.24. The molecule has 0 aromatic heterocycles. The lowest BCUT2D eigenvalue weighted by molar-refractivity contribution is 0.0687. The lowest BCUT2D eigenvalue weighted by Gasteiger charge is -2.32. The van der Waals surface area contributed by atoms with E-state index in [4.69, 9.17) is 16.3 Å². The van der Waals surface area contributed by atoms with Gasteiger partial charge in [-0.25, -0.2) is 17.5 Å². The number of methoxy groups -OCH3 is 1. The Labute approximate surface area is 181 Å². The average molecular weight is 455 g/mol. The van der Waals surface area contributed by atoms with Crippen molar-refractivity contribution in [1.29, 1.82) is 0 Å². The third-order valence-corrected chi connectivity index (χ3v) is 6.97. The number of nitrogens with zero attached hydrogens (tertiary/aromatic N) is 1. The summed E-state index contributed by atoms with van der Waals surface area (Å²) >= 11 is 5.93. The number of likely N-dealkylation sites (tertiary alicyclic amines) is 1. The smallest absolute Gasteiger partial charge is 0.253 e. The van der Waals surface area contributed by atoms with Gasteiger partial charge in [-0.1, -0.05) is 11.6 Å². The molecule has 1 N–H and O–H groups in total. The summed E-state index contributed by atoms with van der Waals surface area (Å²) in [6, 6.07) is 9.99. The van der Waals surface area contributed by atoms with Crippen LogP contribution in [0.2, 0.25) is 5.02 Å². The predicted molar refractivity (Wildman–Crippen MR) is 113 cm³/mol. The topological polar surface area (TPSA) is 75.7 Å². The maximum atomic E-state index is 13.0. The van der Waals surface area contributed by atoms with Gasteiger partial charge in [0.2, 0.25) is 10.0 Å². The lowest BCUT2D eigenvalue weighted by Crippen LogP contribution is -2.39. The normalized spacial score (nSPS) is 15.2. The summed E-state index contributed by atoms with van der Waals surface area (Å²) in [5, 5.41) is 0.314. The molecule has 2 aromatic carbocycles. The molecule has 3 rings (SSSR count). The van der Waals surface area contributed by atoms with Gasteiger partial charge in [-0.15, -0.1) is 0 Å². The van der Waals surface area contributed by atoms with E-state index in [-0.39, 0.29) is 28.9 Å². The summed E-state index contributed by atoms with van der Waals surface area (Å²) in [5.74, 6) is 0.0658. The van der Waals surface area contributed by atoms with Crippen LogP contribution in [-0.2, 0) is 10.0 Å². The maximum Gasteiger partial charge on any atom is 0.253 e. The summed E-state index contributed by atoms with van der Waals surface area (Å²) in [6.45, 7) is 1.47. The van der Waals surface area contributed by atoms with Crippen LogP contribution in [0.5, 0.6) is 5.75 Å². The number of nitrogens with one attached hydrogen (secondary N) is 1. The van der Waals surface area contributed by atoms with Crippen LogP contribution in [0.3, 0.4) is 0 Å². The molecule has 6 nitrogen and oxygen atoms in total. The first-order valence-corrected chi connectivity index (χ1v) is 11.5. The molecule has 1 fully saturated rings. The molecule has 9 heteroatoms. The molecule has 1 aliphatic heterocycles. The Morgan fingerprint density at radius 3 is 2.50 bits per heavy atom. The molecule has 30 heavy (non-hydrogen) atoms. The van der Waals surface area contributed by atoms with Crippen molar-refractivity contribution in [1.82, 2.24) is 9.62 Å². The molecule has 1 aliphatic rings. The number of halogens is 2. The first kappa shape index (κ1) is 22.5. The van der Waals surface area contributed by atoms with E-state index in [9.17, 15) is 17.6 Å². The highest BCUT2D eigenvalue weighted by Crippen LogP contribution is 2.27. The predicted octanol–water partition coefficient (Wildman–Crippen LogP) is 3.71. The van der Waals surface area contributed by atoms with Crippen LogP contribution >= 0.6 is 11.6 Å². The van der Waals surface area contributed by atoms with Crippen molar-refractivity contribution in [3.63, 3.8) is 0 Å². The number of sulfonamides is 1. The average Bonchev–Trinajstić information content (AvgIpc) is 2.74. The van der Waals surface area contributed by atoms with E-state index in [1.807, 2.05) is 0 Å². The van der Waals surface area contributed by atoms with Gasteiger partial charge in [0.1, 0.15) is 16.5 Å². The third kappa shape index (κ3) is 5.50. The minimum absolute atomic E-state index is 0.0113. The van der Waals surface area contributed by atoms with Gasteiger partial charge in [0.15, 0.2) is 0 Å². The minimum atomic E-state index is -3.74. The number of rotatable bonds is 7. The second-order valence-corrected chi connectivity index (χ2v) is 9.40. The Morgan fingerprint density at radius 2 is 1.87 bits per heavy atom. The van der Waals surface area contributed by atoms with Crippen LogP contribution in [0.4, 0.5) is 4.39 Å². The molecular formula is C21H24ClFN2O4S. The van der Waals surface area contributed by atoms with Crippen molar-refractivity contribution in [3.05, 3.63) is 58.9 Å². The molecule has 0 atom stereocenters. The molecule has 0 saturated carbocycles. The van der Waals surface area contributed by atoms with Crippen LogP contribution < -0.4 is 9.46 Å². The van der Waals surface area contributed by atoms with Crippen molar-refractivity contribution in [2.45, 2.75) is 24.2 Å². The number of piperidine rings is 1. The Morgan fingerprint density at radius 1 is 1.20 bits per heavy atom. The molecule has 1 amide bonds. The van der Waals surface area contributed by atoms with Crippen molar-refractivity contribution in [2.24, 2.45) is 5.92 Å². The highest BCUT2D eigenvalue weighted by Gasteiger charge is 2.25. The fourth-order valence-electron chi connectivity index (χ4n) is 3.54. The van der Waals surface area contributed by atoms with Crippen molar-refractivity contribution in [2.75, 3.05) is 26.7 Å². The van der Waals surface area contributed by atoms with Crippen LogP contribution in [0.15, 0.2) is 47.4 Å². The molecule has 0 aliphatic carbocycles. The van der Waals surface area contributed by atoms with Crippen LogP contribution in [0.1, 0.15) is 29.6 Å². The van der Waals surface area contributed by atoms with E-state index >= 15 is 0 Å². The third-order valence-electron chi connectivity index (χ3n) is 5.25. The molecule has 2 aromatic rings. The molecule has 0 spiro atoms. The Hall–Kier alpha value is -2.16. The molecule has 1 saturated heterocycles. The highest BCUT2D eigenvalue weighted by molar-refractivity contribution is 7.89. The Kier molecular flexibility index (Phi) is 7.33. The summed E-state index contributed by atoms with van der Waals surface area (Å²) in [5.41, 5.74) is 0.470. The fraction of sp³-hybridized carbons (Fsp3) is 0.381. The van der Waals surface area contributed by atoms with Crippen LogP contribution in [-0.4, -0.2) is 46.0 Å². The van der Waals surface area contributed by atoms with Crippen LogP contribution in [0.25, 0.3) is 0 Å². The van der Waals surface area contributed by atoms with Gasteiger partial charge in [0.25, 0.3) is 5.91 Å². The van der Waals surface area contributed by atoms with Gasteiger partial charge in [0.05, 0.1) is 7.11 Å². The Bertz CT molecular complexity index is 991. The van der Waals surface area contributed by atoms with Gasteiger partial charge in [-0.2, -0.15) is 0 Å². The van der Waals surface area contributed by atoms with E-state index in [1.165, 1.54) is 43.5 Å². The highest BCUT2D eigenvalue weighted by atomic mass is 35.5. The van der Waals surface area contributed by atoms with Crippen molar-refractivity contribution < 1.29 is 22.3 Å². The zero-order valence-electron chi connectivity index (χ0n) is 16.6. The number of carbonyl (C=O) groups excluding carboxylic acids is 1. The molecule has 0 bridgehead atoms. The number of ether oxygens (including phenoxy) is 1. The summed E-state index contributed by atoms with van der Waals surface area (Å²) < 4.78 is 46.0. The summed E-state index contributed by atoms with van der Waals surface area (Å²) in [7, 11) is -2.34. The number of benzene rings is 2. The number of amides is 1. The zero-order valence-corrected chi connectivity index (χ0v) is 18.2. The van der Waals surface area contributed by atoms with E-state index in [1.54, 1.807) is 11.0 Å². The first-order valence-electron chi connectivity index (χ1n) is 9.68. The van der Waals surface area contributed by atoms with Crippen LogP contribution in [0, 0.1) is 11.7 Å². The van der Waals surface area contributed by atoms with Gasteiger partial charge in [-0.05, 0) is 67.6 Å². The van der Waals surface area contributed by atoms with E-state index in [0.29, 0.717) is 36.0 Å². The summed E-state index contributed by atoms with van der Waals surface area (Å²) in [4.78, 5) is 14.3. The van der Waals surface area contributed by atoms with Crippen molar-refractivity contribution >= 4 is 27.5 Å². The SMILES string of the molecule is COc1ccc(Cl)cc1S(=O)(=O)NCCC1CCN(C(=O)c2ccc(F)cc2)CC1. The number of carbonyl (C=O) groups is 1. The minimum Gasteiger partial charge on any atom is -0.495 e.